The fraction of sp³-hybridized carbons (Fsp3) is 0.0952. The van der Waals surface area contributed by atoms with E-state index < -0.39 is 34.6 Å². The number of pyridine rings is 1. The smallest absolute Gasteiger partial charge is 0.416 e. The number of nitrogens with one attached hydrogen (secondary N) is 1. The number of hydrogen-bond acceptors (Lipinski definition) is 5. The van der Waals surface area contributed by atoms with Crippen molar-refractivity contribution < 1.29 is 40.3 Å². The van der Waals surface area contributed by atoms with Gasteiger partial charge in [0.1, 0.15) is 11.3 Å². The average molecular weight is 484 g/mol. The van der Waals surface area contributed by atoms with Crippen molar-refractivity contribution >= 4 is 52.1 Å². The number of alkyl halides is 6. The highest BCUT2D eigenvalue weighted by molar-refractivity contribution is 8.18. The van der Waals surface area contributed by atoms with Crippen LogP contribution in [0.3, 0.4) is 0 Å². The molecule has 0 bridgehead atoms. The molecule has 1 aromatic carbocycles. The number of fused-ring (bicyclic) bond motifs is 1. The number of amides is 2. The Labute approximate surface area is 185 Å². The molecule has 1 saturated heterocycles. The molecule has 5 nitrogen and oxygen atoms in total. The van der Waals surface area contributed by atoms with Crippen molar-refractivity contribution in [3.05, 3.63) is 69.6 Å². The summed E-state index contributed by atoms with van der Waals surface area (Å²) in [5.41, 5.74) is -2.65. The molecule has 0 saturated carbocycles. The standard InChI is InChI=1S/C21H10F6N2O3S/c22-20(23,24)13-3-10(4-14(6-13)21(25,26)27)1-2-11-8-28-9-12-5-15(32-17(11)12)7-16-18(30)29-19(31)33-16/h1-9H,(H,29,30,31)/b2-1+,16-7-. The third-order valence-electron chi connectivity index (χ3n) is 4.45. The van der Waals surface area contributed by atoms with Crippen LogP contribution in [0.15, 0.2) is 46.0 Å². The first-order valence-corrected chi connectivity index (χ1v) is 9.82. The van der Waals surface area contributed by atoms with Gasteiger partial charge in [-0.1, -0.05) is 6.08 Å². The van der Waals surface area contributed by atoms with E-state index in [1.165, 1.54) is 30.6 Å². The summed E-state index contributed by atoms with van der Waals surface area (Å²) in [7, 11) is 0. The summed E-state index contributed by atoms with van der Waals surface area (Å²) >= 11 is 0.685. The molecule has 170 valence electrons. The van der Waals surface area contributed by atoms with Gasteiger partial charge in [-0.25, -0.2) is 0 Å². The van der Waals surface area contributed by atoms with Crippen LogP contribution in [0.25, 0.3) is 29.2 Å². The van der Waals surface area contributed by atoms with Crippen molar-refractivity contribution in [3.8, 4) is 0 Å². The molecule has 0 atom stereocenters. The number of aromatic nitrogens is 1. The topological polar surface area (TPSA) is 72.2 Å². The molecule has 1 aliphatic heterocycles. The molecule has 1 N–H and O–H groups in total. The van der Waals surface area contributed by atoms with Crippen LogP contribution in [0.1, 0.15) is 28.0 Å². The lowest BCUT2D eigenvalue weighted by Crippen LogP contribution is -2.17. The Bertz CT molecular complexity index is 1310. The van der Waals surface area contributed by atoms with Crippen molar-refractivity contribution in [1.29, 1.82) is 0 Å². The molecule has 0 aliphatic carbocycles. The second-order valence-electron chi connectivity index (χ2n) is 6.82. The minimum atomic E-state index is -4.96. The molecule has 0 radical (unpaired) electrons. The summed E-state index contributed by atoms with van der Waals surface area (Å²) in [5, 5.41) is 2.03. The zero-order valence-electron chi connectivity index (χ0n) is 16.0. The Morgan fingerprint density at radius 3 is 2.15 bits per heavy atom. The summed E-state index contributed by atoms with van der Waals surface area (Å²) < 4.78 is 84.0. The van der Waals surface area contributed by atoms with Gasteiger partial charge in [-0.3, -0.25) is 19.9 Å². The first kappa shape index (κ1) is 22.6. The molecule has 12 heteroatoms. The fourth-order valence-corrected chi connectivity index (χ4v) is 3.67. The molecule has 0 unspecified atom stereocenters. The number of benzene rings is 1. The van der Waals surface area contributed by atoms with Crippen LogP contribution < -0.4 is 5.32 Å². The number of hydrogen-bond donors (Lipinski definition) is 1. The highest BCUT2D eigenvalue weighted by Crippen LogP contribution is 2.37. The third kappa shape index (κ3) is 4.95. The number of nitrogens with zero attached hydrogens (tertiary/aromatic N) is 1. The van der Waals surface area contributed by atoms with Crippen molar-refractivity contribution in [2.24, 2.45) is 0 Å². The van der Waals surface area contributed by atoms with Crippen molar-refractivity contribution in [3.63, 3.8) is 0 Å². The van der Waals surface area contributed by atoms with E-state index >= 15 is 0 Å². The Balaban J connectivity index is 1.72. The summed E-state index contributed by atoms with van der Waals surface area (Å²) in [6.45, 7) is 0. The highest BCUT2D eigenvalue weighted by atomic mass is 32.2. The minimum Gasteiger partial charge on any atom is -0.456 e. The third-order valence-corrected chi connectivity index (χ3v) is 5.26. The van der Waals surface area contributed by atoms with E-state index in [2.05, 4.69) is 10.3 Å². The van der Waals surface area contributed by atoms with Crippen LogP contribution in [0.2, 0.25) is 0 Å². The van der Waals surface area contributed by atoms with E-state index in [9.17, 15) is 35.9 Å². The zero-order chi connectivity index (χ0) is 24.0. The van der Waals surface area contributed by atoms with Gasteiger partial charge in [-0.2, -0.15) is 26.3 Å². The Morgan fingerprint density at radius 1 is 0.909 bits per heavy atom. The van der Waals surface area contributed by atoms with E-state index in [0.29, 0.717) is 29.3 Å². The Hall–Kier alpha value is -3.54. The maximum Gasteiger partial charge on any atom is 0.416 e. The number of halogens is 6. The van der Waals surface area contributed by atoms with Crippen molar-refractivity contribution in [1.82, 2.24) is 10.3 Å². The average Bonchev–Trinajstić information content (AvgIpc) is 3.27. The van der Waals surface area contributed by atoms with E-state index in [-0.39, 0.29) is 33.4 Å². The predicted octanol–water partition coefficient (Wildman–Crippen LogP) is 6.36. The van der Waals surface area contributed by atoms with Crippen LogP contribution in [-0.2, 0) is 17.1 Å². The number of carbonyl (C=O) groups excluding carboxylic acids is 2. The van der Waals surface area contributed by atoms with Gasteiger partial charge in [0.05, 0.1) is 16.0 Å². The normalized spacial score (nSPS) is 16.4. The molecule has 2 amide bonds. The fourth-order valence-electron chi connectivity index (χ4n) is 3.00. The first-order chi connectivity index (χ1) is 15.4. The van der Waals surface area contributed by atoms with Gasteiger partial charge in [-0.15, -0.1) is 0 Å². The molecule has 4 rings (SSSR count). The van der Waals surface area contributed by atoms with Gasteiger partial charge >= 0.3 is 12.4 Å². The second-order valence-corrected chi connectivity index (χ2v) is 7.84. The van der Waals surface area contributed by atoms with Crippen LogP contribution in [-0.4, -0.2) is 16.1 Å². The minimum absolute atomic E-state index is 0.0495. The van der Waals surface area contributed by atoms with Crippen molar-refractivity contribution in [2.75, 3.05) is 0 Å². The monoisotopic (exact) mass is 484 g/mol. The van der Waals surface area contributed by atoms with Gasteiger partial charge in [0.2, 0.25) is 0 Å². The lowest BCUT2D eigenvalue weighted by atomic mass is 10.0. The quantitative estimate of drug-likeness (QED) is 0.346. The van der Waals surface area contributed by atoms with E-state index in [0.717, 1.165) is 6.08 Å². The van der Waals surface area contributed by atoms with E-state index in [1.54, 1.807) is 0 Å². The van der Waals surface area contributed by atoms with Crippen LogP contribution in [0.4, 0.5) is 31.1 Å². The molecule has 3 aromatic rings. The van der Waals surface area contributed by atoms with Gasteiger partial charge in [0.25, 0.3) is 11.1 Å². The summed E-state index contributed by atoms with van der Waals surface area (Å²) in [6, 6.07) is 2.78. The molecule has 33 heavy (non-hydrogen) atoms. The molecular weight excluding hydrogens is 474 g/mol. The predicted molar refractivity (Wildman–Crippen MR) is 108 cm³/mol. The number of carbonyl (C=O) groups is 2. The van der Waals surface area contributed by atoms with Crippen LogP contribution in [0, 0.1) is 0 Å². The molecule has 1 fully saturated rings. The molecule has 3 heterocycles. The molecule has 2 aromatic heterocycles. The highest BCUT2D eigenvalue weighted by Gasteiger charge is 2.36. The SMILES string of the molecule is O=C1NC(=O)/C(=C/c2cc3cncc(/C=C/c4cc(C(F)(F)F)cc(C(F)(F)F)c4)c3o2)S1. The van der Waals surface area contributed by atoms with Gasteiger partial charge in [-0.05, 0) is 47.7 Å². The van der Waals surface area contributed by atoms with Crippen LogP contribution >= 0.6 is 11.8 Å². The van der Waals surface area contributed by atoms with E-state index in [4.69, 9.17) is 4.42 Å². The maximum absolute atomic E-state index is 13.1. The Kier molecular flexibility index (Phi) is 5.56. The first-order valence-electron chi connectivity index (χ1n) is 9.00. The number of rotatable bonds is 3. The zero-order valence-corrected chi connectivity index (χ0v) is 16.9. The lowest BCUT2D eigenvalue weighted by molar-refractivity contribution is -0.143. The summed E-state index contributed by atoms with van der Waals surface area (Å²) in [6.07, 6.45) is -3.48. The Morgan fingerprint density at radius 2 is 1.58 bits per heavy atom. The number of thioether (sulfide) groups is 1. The second kappa shape index (κ2) is 8.10. The summed E-state index contributed by atoms with van der Waals surface area (Å²) in [4.78, 5) is 27.0. The van der Waals surface area contributed by atoms with Gasteiger partial charge < -0.3 is 4.42 Å². The maximum atomic E-state index is 13.1. The molecule has 1 aliphatic rings. The number of imide groups is 1. The van der Waals surface area contributed by atoms with E-state index in [1.807, 2.05) is 0 Å². The molecular formula is C21H10F6N2O3S. The van der Waals surface area contributed by atoms with Crippen molar-refractivity contribution in [2.45, 2.75) is 12.4 Å². The van der Waals surface area contributed by atoms with Gasteiger partial charge in [0, 0.05) is 29.4 Å². The molecule has 0 spiro atoms. The van der Waals surface area contributed by atoms with Gasteiger partial charge in [0.15, 0.2) is 0 Å². The van der Waals surface area contributed by atoms with Crippen LogP contribution in [0.5, 0.6) is 0 Å². The number of furan rings is 1. The largest absolute Gasteiger partial charge is 0.456 e. The lowest BCUT2D eigenvalue weighted by Gasteiger charge is -2.12. The summed E-state index contributed by atoms with van der Waals surface area (Å²) in [5.74, 6) is -0.382.